The molecule has 0 saturated heterocycles. The van der Waals surface area contributed by atoms with Crippen molar-refractivity contribution in [3.05, 3.63) is 54.9 Å². The Morgan fingerprint density at radius 3 is 2.77 bits per heavy atom. The van der Waals surface area contributed by atoms with Gasteiger partial charge in [-0.05, 0) is 18.2 Å². The Morgan fingerprint density at radius 2 is 2.05 bits per heavy atom. The minimum Gasteiger partial charge on any atom is -0.497 e. The quantitative estimate of drug-likeness (QED) is 0.461. The summed E-state index contributed by atoms with van der Waals surface area (Å²) in [5.74, 6) is 0.743. The number of thioether (sulfide) groups is 1. The minimum atomic E-state index is -0.193. The molecule has 22 heavy (non-hydrogen) atoms. The Hall–Kier alpha value is -2.54. The summed E-state index contributed by atoms with van der Waals surface area (Å²) in [5.41, 5.74) is 6.77. The van der Waals surface area contributed by atoms with E-state index in [2.05, 4.69) is 27.4 Å². The van der Waals surface area contributed by atoms with Gasteiger partial charge in [0, 0.05) is 18.0 Å². The third kappa shape index (κ3) is 4.78. The fourth-order valence-corrected chi connectivity index (χ4v) is 2.16. The zero-order valence-electron chi connectivity index (χ0n) is 12.1. The minimum absolute atomic E-state index is 0.193. The van der Waals surface area contributed by atoms with Crippen LogP contribution >= 0.6 is 11.8 Å². The fraction of sp³-hybridized carbons (Fsp3) is 0.133. The van der Waals surface area contributed by atoms with E-state index in [1.807, 2.05) is 24.3 Å². The largest absolute Gasteiger partial charge is 0.497 e. The van der Waals surface area contributed by atoms with Crippen molar-refractivity contribution in [1.29, 1.82) is 0 Å². The fourth-order valence-electron chi connectivity index (χ4n) is 1.55. The van der Waals surface area contributed by atoms with Crippen LogP contribution < -0.4 is 15.6 Å². The van der Waals surface area contributed by atoms with Gasteiger partial charge < -0.3 is 4.74 Å². The lowest BCUT2D eigenvalue weighted by Gasteiger charge is -2.11. The van der Waals surface area contributed by atoms with Crippen LogP contribution in [0.2, 0.25) is 0 Å². The van der Waals surface area contributed by atoms with Crippen LogP contribution in [0, 0.1) is 0 Å². The monoisotopic (exact) mass is 316 g/mol. The molecule has 0 fully saturated rings. The number of nitrogens with zero attached hydrogens (tertiary/aromatic N) is 2. The first-order chi connectivity index (χ1) is 10.7. The summed E-state index contributed by atoms with van der Waals surface area (Å²) in [6.45, 7) is 3.88. The molecular weight excluding hydrogens is 300 g/mol. The Balaban J connectivity index is 1.79. The van der Waals surface area contributed by atoms with Gasteiger partial charge in [0.05, 0.1) is 18.6 Å². The normalized spacial score (nSPS) is 9.86. The van der Waals surface area contributed by atoms with Gasteiger partial charge in [-0.25, -0.2) is 9.97 Å². The number of amides is 1. The van der Waals surface area contributed by atoms with Crippen LogP contribution in [-0.4, -0.2) is 28.7 Å². The summed E-state index contributed by atoms with van der Waals surface area (Å²) in [6, 6.07) is 9.12. The molecule has 6 nitrogen and oxygen atoms in total. The van der Waals surface area contributed by atoms with Crippen LogP contribution in [0.15, 0.2) is 54.5 Å². The molecule has 1 heterocycles. The number of methoxy groups -OCH3 is 1. The maximum atomic E-state index is 11.8. The SMILES string of the molecule is C=C(NNC(=O)CSc1ncccn1)c1cccc(OC)c1. The highest BCUT2D eigenvalue weighted by Gasteiger charge is 2.05. The van der Waals surface area contributed by atoms with Gasteiger partial charge in [-0.15, -0.1) is 0 Å². The molecule has 2 rings (SSSR count). The maximum Gasteiger partial charge on any atom is 0.248 e. The van der Waals surface area contributed by atoms with Crippen molar-refractivity contribution in [2.24, 2.45) is 0 Å². The highest BCUT2D eigenvalue weighted by molar-refractivity contribution is 7.99. The van der Waals surface area contributed by atoms with E-state index in [1.54, 1.807) is 25.6 Å². The second-order valence-electron chi connectivity index (χ2n) is 4.20. The van der Waals surface area contributed by atoms with E-state index in [0.29, 0.717) is 10.9 Å². The highest BCUT2D eigenvalue weighted by atomic mass is 32.2. The Kier molecular flexibility index (Phi) is 5.79. The average molecular weight is 316 g/mol. The summed E-state index contributed by atoms with van der Waals surface area (Å²) >= 11 is 1.26. The van der Waals surface area contributed by atoms with Gasteiger partial charge in [-0.1, -0.05) is 30.5 Å². The first-order valence-corrected chi connectivity index (χ1v) is 7.45. The molecule has 1 aromatic carbocycles. The van der Waals surface area contributed by atoms with Crippen LogP contribution in [0.25, 0.3) is 5.70 Å². The zero-order chi connectivity index (χ0) is 15.8. The molecule has 2 N–H and O–H groups in total. The van der Waals surface area contributed by atoms with Crippen LogP contribution in [0.5, 0.6) is 5.75 Å². The number of aromatic nitrogens is 2. The molecule has 0 atom stereocenters. The molecule has 0 aliphatic carbocycles. The molecule has 0 radical (unpaired) electrons. The summed E-state index contributed by atoms with van der Waals surface area (Å²) in [6.07, 6.45) is 3.27. The molecule has 114 valence electrons. The number of hydrogen-bond donors (Lipinski definition) is 2. The molecule has 1 aromatic heterocycles. The third-order valence-electron chi connectivity index (χ3n) is 2.65. The van der Waals surface area contributed by atoms with Gasteiger partial charge in [0.15, 0.2) is 5.16 Å². The van der Waals surface area contributed by atoms with Crippen molar-refractivity contribution in [3.8, 4) is 5.75 Å². The number of benzene rings is 1. The average Bonchev–Trinajstić information content (AvgIpc) is 2.58. The molecule has 2 aromatic rings. The van der Waals surface area contributed by atoms with Gasteiger partial charge in [-0.2, -0.15) is 0 Å². The van der Waals surface area contributed by atoms with Crippen molar-refractivity contribution in [2.45, 2.75) is 5.16 Å². The van der Waals surface area contributed by atoms with Gasteiger partial charge in [0.2, 0.25) is 5.91 Å². The maximum absolute atomic E-state index is 11.8. The Labute approximate surface area is 133 Å². The zero-order valence-corrected chi connectivity index (χ0v) is 12.9. The summed E-state index contributed by atoms with van der Waals surface area (Å²) < 4.78 is 5.14. The van der Waals surface area contributed by atoms with Crippen LogP contribution in [-0.2, 0) is 4.79 Å². The summed E-state index contributed by atoms with van der Waals surface area (Å²) in [5, 5.41) is 0.560. The lowest BCUT2D eigenvalue weighted by molar-refractivity contribution is -0.119. The predicted octanol–water partition coefficient (Wildman–Crippen LogP) is 1.87. The predicted molar refractivity (Wildman–Crippen MR) is 86.1 cm³/mol. The standard InChI is InChI=1S/C15H16N4O2S/c1-11(12-5-3-6-13(9-12)21-2)18-19-14(20)10-22-15-16-7-4-8-17-15/h3-9,18H,1,10H2,2H3,(H,19,20). The van der Waals surface area contributed by atoms with Crippen LogP contribution in [0.3, 0.4) is 0 Å². The van der Waals surface area contributed by atoms with E-state index >= 15 is 0 Å². The van der Waals surface area contributed by atoms with E-state index in [9.17, 15) is 4.79 Å². The summed E-state index contributed by atoms with van der Waals surface area (Å²) in [4.78, 5) is 19.8. The van der Waals surface area contributed by atoms with Crippen LogP contribution in [0.4, 0.5) is 0 Å². The first kappa shape index (κ1) is 15.8. The van der Waals surface area contributed by atoms with E-state index in [4.69, 9.17) is 4.74 Å². The molecule has 7 heteroatoms. The van der Waals surface area contributed by atoms with Gasteiger partial charge >= 0.3 is 0 Å². The molecule has 0 saturated carbocycles. The molecule has 0 spiro atoms. The number of hydrazine groups is 1. The number of ether oxygens (including phenoxy) is 1. The van der Waals surface area contributed by atoms with Crippen molar-refractivity contribution < 1.29 is 9.53 Å². The topological polar surface area (TPSA) is 76.1 Å². The number of hydrogen-bond acceptors (Lipinski definition) is 6. The molecular formula is C15H16N4O2S. The van der Waals surface area contributed by atoms with E-state index < -0.39 is 0 Å². The number of rotatable bonds is 7. The van der Waals surface area contributed by atoms with Gasteiger partial charge in [0.25, 0.3) is 0 Å². The molecule has 0 unspecified atom stereocenters. The molecule has 1 amide bonds. The van der Waals surface area contributed by atoms with E-state index in [1.165, 1.54) is 11.8 Å². The Bertz CT molecular complexity index is 649. The summed E-state index contributed by atoms with van der Waals surface area (Å²) in [7, 11) is 1.60. The number of carbonyl (C=O) groups is 1. The van der Waals surface area contributed by atoms with Crippen LogP contribution in [0.1, 0.15) is 5.56 Å². The van der Waals surface area contributed by atoms with E-state index in [0.717, 1.165) is 11.3 Å². The molecule has 0 aliphatic rings. The number of nitrogens with one attached hydrogen (secondary N) is 2. The number of carbonyl (C=O) groups excluding carboxylic acids is 1. The second kappa shape index (κ2) is 8.04. The molecule has 0 bridgehead atoms. The highest BCUT2D eigenvalue weighted by Crippen LogP contribution is 2.16. The van der Waals surface area contributed by atoms with Crippen molar-refractivity contribution in [3.63, 3.8) is 0 Å². The first-order valence-electron chi connectivity index (χ1n) is 6.47. The third-order valence-corrected chi connectivity index (χ3v) is 3.52. The van der Waals surface area contributed by atoms with E-state index in [-0.39, 0.29) is 11.7 Å². The lowest BCUT2D eigenvalue weighted by Crippen LogP contribution is -2.37. The Morgan fingerprint density at radius 1 is 1.27 bits per heavy atom. The van der Waals surface area contributed by atoms with Crippen molar-refractivity contribution in [1.82, 2.24) is 20.8 Å². The van der Waals surface area contributed by atoms with Crippen molar-refractivity contribution >= 4 is 23.4 Å². The smallest absolute Gasteiger partial charge is 0.248 e. The van der Waals surface area contributed by atoms with Gasteiger partial charge in [0.1, 0.15) is 5.75 Å². The molecule has 0 aliphatic heterocycles. The van der Waals surface area contributed by atoms with Gasteiger partial charge in [-0.3, -0.25) is 15.6 Å². The second-order valence-corrected chi connectivity index (χ2v) is 5.15. The van der Waals surface area contributed by atoms with Crippen molar-refractivity contribution in [2.75, 3.05) is 12.9 Å². The lowest BCUT2D eigenvalue weighted by atomic mass is 10.2.